The van der Waals surface area contributed by atoms with Crippen LogP contribution in [0.25, 0.3) is 87.5 Å². The van der Waals surface area contributed by atoms with Crippen LogP contribution in [0.15, 0.2) is 182 Å². The van der Waals surface area contributed by atoms with E-state index in [0.29, 0.717) is 5.82 Å². The third kappa shape index (κ3) is 5.61. The van der Waals surface area contributed by atoms with Crippen LogP contribution in [-0.2, 0) is 0 Å². The molecule has 0 aliphatic carbocycles. The quantitative estimate of drug-likeness (QED) is 0.180. The van der Waals surface area contributed by atoms with Crippen LogP contribution in [0.5, 0.6) is 0 Å². The van der Waals surface area contributed by atoms with E-state index in [1.807, 2.05) is 35.6 Å². The lowest BCUT2D eigenvalue weighted by Crippen LogP contribution is -1.96. The highest BCUT2D eigenvalue weighted by atomic mass is 32.1. The largest absolute Gasteiger partial charge is 0.228 e. The molecule has 0 radical (unpaired) electrons. The molecule has 0 unspecified atom stereocenters. The Morgan fingerprint density at radius 2 is 0.816 bits per heavy atom. The van der Waals surface area contributed by atoms with Gasteiger partial charge >= 0.3 is 0 Å². The second-order valence-electron chi connectivity index (χ2n) is 12.2. The number of fused-ring (bicyclic) bond motifs is 3. The first-order valence-corrected chi connectivity index (χ1v) is 17.3. The SMILES string of the molecule is c1ccc(-c2cc(-c3cc(-c4ccccc4)c4sc5ccccc5c4c3)cc(-c3cc(-c4ccccc4)nc(-c4ccccc4)n3)c2)cc1. The highest BCUT2D eigenvalue weighted by Gasteiger charge is 2.17. The van der Waals surface area contributed by atoms with E-state index < -0.39 is 0 Å². The van der Waals surface area contributed by atoms with Gasteiger partial charge in [0.2, 0.25) is 0 Å². The third-order valence-corrected chi connectivity index (χ3v) is 10.3. The Kier molecular flexibility index (Phi) is 7.38. The Hall–Kier alpha value is -6.16. The lowest BCUT2D eigenvalue weighted by Gasteiger charge is -2.14. The maximum atomic E-state index is 5.21. The molecule has 0 amide bonds. The van der Waals surface area contributed by atoms with Gasteiger partial charge in [0.25, 0.3) is 0 Å². The number of nitrogens with zero attached hydrogens (tertiary/aromatic N) is 2. The Bertz CT molecular complexity index is 2520. The van der Waals surface area contributed by atoms with Gasteiger partial charge in [0.15, 0.2) is 5.82 Å². The molecule has 7 aromatic carbocycles. The van der Waals surface area contributed by atoms with Gasteiger partial charge in [-0.25, -0.2) is 9.97 Å². The summed E-state index contributed by atoms with van der Waals surface area (Å²) in [6.45, 7) is 0. The van der Waals surface area contributed by atoms with Crippen LogP contribution in [0.3, 0.4) is 0 Å². The van der Waals surface area contributed by atoms with Crippen molar-refractivity contribution in [2.75, 3.05) is 0 Å². The van der Waals surface area contributed by atoms with Crippen LogP contribution >= 0.6 is 11.3 Å². The van der Waals surface area contributed by atoms with Gasteiger partial charge in [-0.15, -0.1) is 11.3 Å². The van der Waals surface area contributed by atoms with E-state index >= 15 is 0 Å². The summed E-state index contributed by atoms with van der Waals surface area (Å²) in [5.74, 6) is 0.709. The smallest absolute Gasteiger partial charge is 0.160 e. The second kappa shape index (κ2) is 12.5. The second-order valence-corrected chi connectivity index (χ2v) is 13.3. The predicted octanol–water partition coefficient (Wildman–Crippen LogP) is 12.8. The zero-order chi connectivity index (χ0) is 32.6. The fourth-order valence-electron chi connectivity index (χ4n) is 6.63. The molecule has 3 heteroatoms. The Labute approximate surface area is 289 Å². The highest BCUT2D eigenvalue weighted by molar-refractivity contribution is 7.26. The Balaban J connectivity index is 1.31. The van der Waals surface area contributed by atoms with Crippen molar-refractivity contribution < 1.29 is 0 Å². The molecule has 0 fully saturated rings. The van der Waals surface area contributed by atoms with E-state index in [1.165, 1.54) is 36.9 Å². The molecule has 0 saturated carbocycles. The first-order valence-electron chi connectivity index (χ1n) is 16.5. The molecule has 2 nitrogen and oxygen atoms in total. The summed E-state index contributed by atoms with van der Waals surface area (Å²) in [4.78, 5) is 10.3. The molecule has 230 valence electrons. The van der Waals surface area contributed by atoms with E-state index in [0.717, 1.165) is 44.8 Å². The lowest BCUT2D eigenvalue weighted by atomic mass is 9.92. The van der Waals surface area contributed by atoms with Crippen LogP contribution < -0.4 is 0 Å². The minimum atomic E-state index is 0.709. The molecule has 49 heavy (non-hydrogen) atoms. The van der Waals surface area contributed by atoms with Crippen LogP contribution in [0, 0.1) is 0 Å². The molecule has 9 rings (SSSR count). The molecule has 0 bridgehead atoms. The normalized spacial score (nSPS) is 11.3. The number of benzene rings is 7. The number of aromatic nitrogens is 2. The minimum Gasteiger partial charge on any atom is -0.228 e. The number of hydrogen-bond donors (Lipinski definition) is 0. The van der Waals surface area contributed by atoms with Crippen molar-refractivity contribution in [1.29, 1.82) is 0 Å². The van der Waals surface area contributed by atoms with Crippen LogP contribution in [-0.4, -0.2) is 9.97 Å². The van der Waals surface area contributed by atoms with Crippen molar-refractivity contribution in [2.24, 2.45) is 0 Å². The molecule has 0 N–H and O–H groups in total. The van der Waals surface area contributed by atoms with Crippen LogP contribution in [0.2, 0.25) is 0 Å². The zero-order valence-electron chi connectivity index (χ0n) is 26.6. The molecule has 0 atom stereocenters. The fraction of sp³-hybridized carbons (Fsp3) is 0. The van der Waals surface area contributed by atoms with E-state index in [2.05, 4.69) is 158 Å². The third-order valence-electron chi connectivity index (χ3n) is 9.06. The lowest BCUT2D eigenvalue weighted by molar-refractivity contribution is 1.18. The number of hydrogen-bond acceptors (Lipinski definition) is 3. The van der Waals surface area contributed by atoms with Gasteiger partial charge < -0.3 is 0 Å². The zero-order valence-corrected chi connectivity index (χ0v) is 27.4. The van der Waals surface area contributed by atoms with Gasteiger partial charge in [0.05, 0.1) is 11.4 Å². The van der Waals surface area contributed by atoms with Gasteiger partial charge in [-0.05, 0) is 70.3 Å². The van der Waals surface area contributed by atoms with Crippen LogP contribution in [0.1, 0.15) is 0 Å². The summed E-state index contributed by atoms with van der Waals surface area (Å²) in [6.07, 6.45) is 0. The van der Waals surface area contributed by atoms with E-state index in [-0.39, 0.29) is 0 Å². The van der Waals surface area contributed by atoms with Gasteiger partial charge in [0.1, 0.15) is 0 Å². The average molecular weight is 643 g/mol. The molecule has 0 aliphatic rings. The Morgan fingerprint density at radius 3 is 1.49 bits per heavy atom. The highest BCUT2D eigenvalue weighted by Crippen LogP contribution is 2.44. The fourth-order valence-corrected chi connectivity index (χ4v) is 7.85. The standard InChI is InChI=1S/C46H30N2S/c1-5-15-31(16-6-1)35-25-36(37-28-40(32-17-7-2-8-18-32)45-41(29-37)39-23-13-14-24-44(39)49-45)27-38(26-35)43-30-42(33-19-9-3-10-20-33)47-46(48-43)34-21-11-4-12-22-34/h1-30H. The first-order chi connectivity index (χ1) is 24.3. The van der Waals surface area contributed by atoms with Crippen molar-refractivity contribution in [2.45, 2.75) is 0 Å². The summed E-state index contributed by atoms with van der Waals surface area (Å²) in [6, 6.07) is 64.5. The molecule has 0 aliphatic heterocycles. The van der Waals surface area contributed by atoms with Crippen molar-refractivity contribution >= 4 is 31.5 Å². The molecule has 9 aromatic rings. The topological polar surface area (TPSA) is 25.8 Å². The van der Waals surface area contributed by atoms with Crippen molar-refractivity contribution in [3.63, 3.8) is 0 Å². The maximum absolute atomic E-state index is 5.21. The van der Waals surface area contributed by atoms with Crippen LogP contribution in [0.4, 0.5) is 0 Å². The molecular formula is C46H30N2S. The van der Waals surface area contributed by atoms with Crippen molar-refractivity contribution in [3.05, 3.63) is 182 Å². The summed E-state index contributed by atoms with van der Waals surface area (Å²) in [5, 5.41) is 2.57. The van der Waals surface area contributed by atoms with Gasteiger partial charge in [-0.3, -0.25) is 0 Å². The monoisotopic (exact) mass is 642 g/mol. The summed E-state index contributed by atoms with van der Waals surface area (Å²) < 4.78 is 2.61. The summed E-state index contributed by atoms with van der Waals surface area (Å²) >= 11 is 1.87. The summed E-state index contributed by atoms with van der Waals surface area (Å²) in [7, 11) is 0. The van der Waals surface area contributed by atoms with Crippen molar-refractivity contribution in [1.82, 2.24) is 9.97 Å². The number of thiophene rings is 1. The van der Waals surface area contributed by atoms with Gasteiger partial charge in [-0.2, -0.15) is 0 Å². The molecule has 2 heterocycles. The van der Waals surface area contributed by atoms with E-state index in [4.69, 9.17) is 9.97 Å². The molecule has 0 spiro atoms. The Morgan fingerprint density at radius 1 is 0.327 bits per heavy atom. The molecular weight excluding hydrogens is 613 g/mol. The minimum absolute atomic E-state index is 0.709. The van der Waals surface area contributed by atoms with Gasteiger partial charge in [0, 0.05) is 42.4 Å². The van der Waals surface area contributed by atoms with E-state index in [1.54, 1.807) is 0 Å². The predicted molar refractivity (Wildman–Crippen MR) is 208 cm³/mol. The first kappa shape index (κ1) is 29.0. The summed E-state index contributed by atoms with van der Waals surface area (Å²) in [5.41, 5.74) is 12.0. The molecule has 0 saturated heterocycles. The van der Waals surface area contributed by atoms with Gasteiger partial charge in [-0.1, -0.05) is 140 Å². The average Bonchev–Trinajstić information content (AvgIpc) is 3.57. The number of rotatable bonds is 6. The van der Waals surface area contributed by atoms with E-state index in [9.17, 15) is 0 Å². The molecule has 2 aromatic heterocycles. The van der Waals surface area contributed by atoms with Crippen molar-refractivity contribution in [3.8, 4) is 67.3 Å². The maximum Gasteiger partial charge on any atom is 0.160 e.